The van der Waals surface area contributed by atoms with Crippen LogP contribution in [-0.4, -0.2) is 46.4 Å². The average molecular weight is 479 g/mol. The molecule has 2 saturated heterocycles. The second-order valence-corrected chi connectivity index (χ2v) is 9.85. The number of piperazine rings is 1. The van der Waals surface area contributed by atoms with E-state index in [-0.39, 0.29) is 11.8 Å². The summed E-state index contributed by atoms with van der Waals surface area (Å²) in [5.74, 6) is -0.0347. The molecule has 1 aromatic heterocycles. The highest BCUT2D eigenvalue weighted by atomic mass is 16.2. The van der Waals surface area contributed by atoms with E-state index in [4.69, 9.17) is 0 Å². The Bertz CT molecular complexity index is 1370. The van der Waals surface area contributed by atoms with Crippen molar-refractivity contribution in [1.29, 1.82) is 0 Å². The third-order valence-electron chi connectivity index (χ3n) is 7.80. The maximum Gasteiger partial charge on any atom is 0.246 e. The lowest BCUT2D eigenvalue weighted by molar-refractivity contribution is -0.160. The molecule has 2 aliphatic rings. The average Bonchev–Trinajstić information content (AvgIpc) is 3.34. The summed E-state index contributed by atoms with van der Waals surface area (Å²) in [6.45, 7) is 1.88. The Morgan fingerprint density at radius 2 is 1.50 bits per heavy atom. The molecule has 1 spiro atoms. The Balaban J connectivity index is 1.29. The van der Waals surface area contributed by atoms with Gasteiger partial charge in [-0.1, -0.05) is 66.7 Å². The number of fused-ring (bicyclic) bond motifs is 1. The number of benzene rings is 3. The summed E-state index contributed by atoms with van der Waals surface area (Å²) in [4.78, 5) is 35.4. The molecule has 3 aromatic carbocycles. The molecule has 0 saturated carbocycles. The topological polar surface area (TPSA) is 68.4 Å². The van der Waals surface area contributed by atoms with Gasteiger partial charge in [0.25, 0.3) is 0 Å². The van der Waals surface area contributed by atoms with Gasteiger partial charge in [0, 0.05) is 48.8 Å². The van der Waals surface area contributed by atoms with Crippen LogP contribution in [0.2, 0.25) is 0 Å². The Hall–Kier alpha value is -4.06. The largest absolute Gasteiger partial charge is 0.371 e. The van der Waals surface area contributed by atoms with Gasteiger partial charge in [-0.3, -0.25) is 9.59 Å². The summed E-state index contributed by atoms with van der Waals surface area (Å²) in [6, 6.07) is 27.8. The van der Waals surface area contributed by atoms with Gasteiger partial charge < -0.3 is 20.1 Å². The molecule has 1 unspecified atom stereocenters. The van der Waals surface area contributed by atoms with Gasteiger partial charge in [-0.15, -0.1) is 0 Å². The van der Waals surface area contributed by atoms with Gasteiger partial charge in [0.1, 0.15) is 11.6 Å². The molecule has 6 rings (SSSR count). The van der Waals surface area contributed by atoms with E-state index in [9.17, 15) is 9.59 Å². The Morgan fingerprint density at radius 1 is 0.833 bits per heavy atom. The number of aromatic nitrogens is 1. The van der Waals surface area contributed by atoms with Crippen molar-refractivity contribution < 1.29 is 9.59 Å². The number of nitrogens with zero attached hydrogens (tertiary/aromatic N) is 2. The van der Waals surface area contributed by atoms with Crippen molar-refractivity contribution in [2.75, 3.05) is 18.0 Å². The van der Waals surface area contributed by atoms with Crippen molar-refractivity contribution in [1.82, 2.24) is 15.2 Å². The van der Waals surface area contributed by atoms with Crippen LogP contribution in [-0.2, 0) is 22.6 Å². The number of amides is 2. The molecule has 182 valence electrons. The number of aromatic amines is 1. The first-order valence-electron chi connectivity index (χ1n) is 12.7. The smallest absolute Gasteiger partial charge is 0.246 e. The quantitative estimate of drug-likeness (QED) is 0.450. The normalized spacial score (nSPS) is 19.6. The zero-order valence-electron chi connectivity index (χ0n) is 20.2. The lowest BCUT2D eigenvalue weighted by Crippen LogP contribution is -2.72. The van der Waals surface area contributed by atoms with Crippen LogP contribution in [0.5, 0.6) is 0 Å². The van der Waals surface area contributed by atoms with Gasteiger partial charge in [0.2, 0.25) is 11.8 Å². The highest BCUT2D eigenvalue weighted by Gasteiger charge is 2.53. The monoisotopic (exact) mass is 478 g/mol. The summed E-state index contributed by atoms with van der Waals surface area (Å²) in [6.07, 6.45) is 3.62. The van der Waals surface area contributed by atoms with Crippen LogP contribution in [0, 0.1) is 0 Å². The number of piperidine rings is 1. The van der Waals surface area contributed by atoms with Crippen LogP contribution in [0.25, 0.3) is 10.9 Å². The summed E-state index contributed by atoms with van der Waals surface area (Å²) < 4.78 is 0. The van der Waals surface area contributed by atoms with E-state index in [0.717, 1.165) is 40.8 Å². The predicted molar refractivity (Wildman–Crippen MR) is 142 cm³/mol. The van der Waals surface area contributed by atoms with Crippen molar-refractivity contribution >= 4 is 28.4 Å². The van der Waals surface area contributed by atoms with Gasteiger partial charge in [-0.2, -0.15) is 0 Å². The zero-order chi connectivity index (χ0) is 24.5. The fourth-order valence-electron chi connectivity index (χ4n) is 5.80. The van der Waals surface area contributed by atoms with Crippen molar-refractivity contribution in [2.45, 2.75) is 37.4 Å². The van der Waals surface area contributed by atoms with Crippen molar-refractivity contribution in [2.24, 2.45) is 0 Å². The molecule has 36 heavy (non-hydrogen) atoms. The van der Waals surface area contributed by atoms with Gasteiger partial charge in [0.15, 0.2) is 0 Å². The van der Waals surface area contributed by atoms with E-state index < -0.39 is 11.6 Å². The van der Waals surface area contributed by atoms with E-state index in [1.165, 1.54) is 0 Å². The van der Waals surface area contributed by atoms with Crippen molar-refractivity contribution in [3.63, 3.8) is 0 Å². The van der Waals surface area contributed by atoms with E-state index in [1.807, 2.05) is 77.8 Å². The Morgan fingerprint density at radius 3 is 2.25 bits per heavy atom. The fraction of sp³-hybridized carbons (Fsp3) is 0.267. The summed E-state index contributed by atoms with van der Waals surface area (Å²) in [5.41, 5.74) is 3.43. The first-order chi connectivity index (χ1) is 17.6. The maximum absolute atomic E-state index is 14.1. The maximum atomic E-state index is 14.1. The minimum atomic E-state index is -0.838. The van der Waals surface area contributed by atoms with E-state index in [0.29, 0.717) is 25.8 Å². The standard InChI is InChI=1S/C30H30N4O2/c35-28-27(19-23-20-31-26-14-8-7-13-25(23)26)32-29(36)30(34(28)21-22-9-3-1-4-10-22)15-17-33(18-16-30)24-11-5-2-6-12-24/h1-14,20,27,31H,15-19,21H2,(H,32,36). The van der Waals surface area contributed by atoms with Crippen molar-refractivity contribution in [3.8, 4) is 0 Å². The molecule has 2 amide bonds. The van der Waals surface area contributed by atoms with E-state index in [1.54, 1.807) is 0 Å². The second-order valence-electron chi connectivity index (χ2n) is 9.85. The lowest BCUT2D eigenvalue weighted by Gasteiger charge is -2.52. The number of rotatable bonds is 5. The number of carbonyl (C=O) groups is 2. The summed E-state index contributed by atoms with van der Waals surface area (Å²) in [5, 5.41) is 4.23. The molecule has 6 nitrogen and oxygen atoms in total. The van der Waals surface area contributed by atoms with Gasteiger partial charge in [0.05, 0.1) is 0 Å². The third kappa shape index (κ3) is 3.92. The molecular formula is C30H30N4O2. The highest BCUT2D eigenvalue weighted by Crippen LogP contribution is 2.36. The summed E-state index contributed by atoms with van der Waals surface area (Å²) in [7, 11) is 0. The molecule has 3 heterocycles. The van der Waals surface area contributed by atoms with Crippen LogP contribution in [0.15, 0.2) is 91.1 Å². The molecule has 2 fully saturated rings. The molecule has 0 bridgehead atoms. The molecule has 6 heteroatoms. The van der Waals surface area contributed by atoms with Crippen LogP contribution in [0.4, 0.5) is 5.69 Å². The molecule has 2 aliphatic heterocycles. The van der Waals surface area contributed by atoms with Crippen LogP contribution in [0.1, 0.15) is 24.0 Å². The predicted octanol–water partition coefficient (Wildman–Crippen LogP) is 4.28. The fourth-order valence-corrected chi connectivity index (χ4v) is 5.80. The zero-order valence-corrected chi connectivity index (χ0v) is 20.2. The van der Waals surface area contributed by atoms with Crippen molar-refractivity contribution in [3.05, 3.63) is 102 Å². The minimum Gasteiger partial charge on any atom is -0.371 e. The lowest BCUT2D eigenvalue weighted by atomic mass is 9.80. The number of para-hydroxylation sites is 2. The number of hydrogen-bond donors (Lipinski definition) is 2. The first kappa shape index (κ1) is 22.4. The summed E-state index contributed by atoms with van der Waals surface area (Å²) >= 11 is 0. The van der Waals surface area contributed by atoms with Gasteiger partial charge >= 0.3 is 0 Å². The number of H-pyrrole nitrogens is 1. The first-order valence-corrected chi connectivity index (χ1v) is 12.7. The molecule has 2 N–H and O–H groups in total. The number of hydrogen-bond acceptors (Lipinski definition) is 3. The second kappa shape index (κ2) is 9.19. The van der Waals surface area contributed by atoms with Crippen LogP contribution < -0.4 is 10.2 Å². The van der Waals surface area contributed by atoms with Gasteiger partial charge in [-0.25, -0.2) is 0 Å². The molecule has 1 atom stereocenters. The Kier molecular flexibility index (Phi) is 5.72. The molecular weight excluding hydrogens is 448 g/mol. The number of carbonyl (C=O) groups excluding carboxylic acids is 2. The minimum absolute atomic E-state index is 0.00287. The molecule has 0 radical (unpaired) electrons. The SMILES string of the molecule is O=C1C(Cc2c[nH]c3ccccc23)NC(=O)C2(CCN(c3ccccc3)CC2)N1Cc1ccccc1. The number of nitrogens with one attached hydrogen (secondary N) is 2. The number of anilines is 1. The van der Waals surface area contributed by atoms with Crippen LogP contribution in [0.3, 0.4) is 0 Å². The molecule has 4 aromatic rings. The third-order valence-corrected chi connectivity index (χ3v) is 7.80. The van der Waals surface area contributed by atoms with E-state index in [2.05, 4.69) is 33.4 Å². The molecule has 0 aliphatic carbocycles. The highest BCUT2D eigenvalue weighted by molar-refractivity contribution is 6.00. The van der Waals surface area contributed by atoms with Crippen LogP contribution >= 0.6 is 0 Å². The van der Waals surface area contributed by atoms with Gasteiger partial charge in [-0.05, 0) is 42.2 Å². The van der Waals surface area contributed by atoms with E-state index >= 15 is 0 Å². The Labute approximate surface area is 210 Å².